The highest BCUT2D eigenvalue weighted by atomic mass is 16.6. The zero-order valence-electron chi connectivity index (χ0n) is 15.9. The summed E-state index contributed by atoms with van der Waals surface area (Å²) in [4.78, 5) is 14.2. The standard InChI is InChI=1S/C18H36N2O3/c1-7-8-9-14(2)19-15(3)12-16-13-22-11-10-20(16)17(21)23-18(4,5)6/h14-16,19H,7-13H2,1-6H3. The maximum Gasteiger partial charge on any atom is 0.410 e. The minimum atomic E-state index is -0.460. The fourth-order valence-electron chi connectivity index (χ4n) is 2.97. The van der Waals surface area contributed by atoms with Crippen molar-refractivity contribution in [3.63, 3.8) is 0 Å². The van der Waals surface area contributed by atoms with Crippen LogP contribution in [0.15, 0.2) is 0 Å². The number of hydrogen-bond donors (Lipinski definition) is 1. The first-order valence-corrected chi connectivity index (χ1v) is 9.06. The maximum atomic E-state index is 12.4. The quantitative estimate of drug-likeness (QED) is 0.776. The first-order chi connectivity index (χ1) is 10.7. The highest BCUT2D eigenvalue weighted by Crippen LogP contribution is 2.18. The van der Waals surface area contributed by atoms with Crippen molar-refractivity contribution >= 4 is 6.09 Å². The summed E-state index contributed by atoms with van der Waals surface area (Å²) in [6, 6.07) is 0.933. The summed E-state index contributed by atoms with van der Waals surface area (Å²) >= 11 is 0. The van der Waals surface area contributed by atoms with Gasteiger partial charge < -0.3 is 19.7 Å². The van der Waals surface area contributed by atoms with Crippen LogP contribution in [0.5, 0.6) is 0 Å². The fraction of sp³-hybridized carbons (Fsp3) is 0.944. The second-order valence-electron chi connectivity index (χ2n) is 7.75. The summed E-state index contributed by atoms with van der Waals surface area (Å²) in [7, 11) is 0. The molecule has 0 spiro atoms. The maximum absolute atomic E-state index is 12.4. The van der Waals surface area contributed by atoms with E-state index >= 15 is 0 Å². The van der Waals surface area contributed by atoms with Crippen LogP contribution < -0.4 is 5.32 Å². The molecule has 1 aliphatic rings. The molecule has 136 valence electrons. The Morgan fingerprint density at radius 2 is 2.04 bits per heavy atom. The number of ether oxygens (including phenoxy) is 2. The van der Waals surface area contributed by atoms with Crippen molar-refractivity contribution in [2.45, 2.75) is 91.0 Å². The van der Waals surface area contributed by atoms with Gasteiger partial charge in [-0.25, -0.2) is 4.79 Å². The molecule has 0 radical (unpaired) electrons. The molecule has 0 aromatic heterocycles. The van der Waals surface area contributed by atoms with E-state index in [1.165, 1.54) is 19.3 Å². The van der Waals surface area contributed by atoms with Gasteiger partial charge in [0.15, 0.2) is 0 Å². The van der Waals surface area contributed by atoms with E-state index in [0.717, 1.165) is 6.42 Å². The van der Waals surface area contributed by atoms with Gasteiger partial charge in [-0.2, -0.15) is 0 Å². The largest absolute Gasteiger partial charge is 0.444 e. The van der Waals surface area contributed by atoms with Crippen molar-refractivity contribution in [1.82, 2.24) is 10.2 Å². The summed E-state index contributed by atoms with van der Waals surface area (Å²) in [5.41, 5.74) is -0.460. The molecule has 0 aliphatic carbocycles. The van der Waals surface area contributed by atoms with Crippen molar-refractivity contribution in [2.75, 3.05) is 19.8 Å². The van der Waals surface area contributed by atoms with E-state index in [9.17, 15) is 4.79 Å². The molecular formula is C18H36N2O3. The Morgan fingerprint density at radius 3 is 2.65 bits per heavy atom. The van der Waals surface area contributed by atoms with Crippen LogP contribution in [0, 0.1) is 0 Å². The Bertz CT molecular complexity index is 355. The number of nitrogens with one attached hydrogen (secondary N) is 1. The van der Waals surface area contributed by atoms with Crippen LogP contribution in [-0.4, -0.2) is 54.5 Å². The Hall–Kier alpha value is -0.810. The molecule has 0 bridgehead atoms. The van der Waals surface area contributed by atoms with Gasteiger partial charge in [-0.3, -0.25) is 0 Å². The molecular weight excluding hydrogens is 292 g/mol. The zero-order chi connectivity index (χ0) is 17.5. The molecule has 3 atom stereocenters. The lowest BCUT2D eigenvalue weighted by atomic mass is 10.0. The van der Waals surface area contributed by atoms with Gasteiger partial charge in [0.2, 0.25) is 0 Å². The topological polar surface area (TPSA) is 50.8 Å². The summed E-state index contributed by atoms with van der Waals surface area (Å²) in [6.07, 6.45) is 4.32. The molecule has 0 aromatic rings. The van der Waals surface area contributed by atoms with E-state index in [1.54, 1.807) is 0 Å². The number of hydrogen-bond acceptors (Lipinski definition) is 4. The van der Waals surface area contributed by atoms with Gasteiger partial charge in [0.25, 0.3) is 0 Å². The molecule has 1 saturated heterocycles. The number of unbranched alkanes of at least 4 members (excludes halogenated alkanes) is 1. The SMILES string of the molecule is CCCCC(C)NC(C)CC1COCCN1C(=O)OC(C)(C)C. The average Bonchev–Trinajstić information content (AvgIpc) is 2.43. The number of morpholine rings is 1. The molecule has 1 fully saturated rings. The number of rotatable bonds is 7. The van der Waals surface area contributed by atoms with E-state index in [1.807, 2.05) is 25.7 Å². The minimum absolute atomic E-state index is 0.0828. The highest BCUT2D eigenvalue weighted by Gasteiger charge is 2.31. The average molecular weight is 328 g/mol. The van der Waals surface area contributed by atoms with Gasteiger partial charge in [0.05, 0.1) is 19.3 Å². The smallest absolute Gasteiger partial charge is 0.410 e. The third-order valence-corrected chi connectivity index (χ3v) is 4.04. The summed E-state index contributed by atoms with van der Waals surface area (Å²) in [6.45, 7) is 14.1. The molecule has 1 heterocycles. The first kappa shape index (κ1) is 20.2. The highest BCUT2D eigenvalue weighted by molar-refractivity contribution is 5.68. The van der Waals surface area contributed by atoms with Crippen molar-refractivity contribution in [3.05, 3.63) is 0 Å². The van der Waals surface area contributed by atoms with Crippen molar-refractivity contribution in [1.29, 1.82) is 0 Å². The third-order valence-electron chi connectivity index (χ3n) is 4.04. The molecule has 23 heavy (non-hydrogen) atoms. The number of carbonyl (C=O) groups excluding carboxylic acids is 1. The van der Waals surface area contributed by atoms with Gasteiger partial charge in [-0.05, 0) is 47.5 Å². The van der Waals surface area contributed by atoms with E-state index in [0.29, 0.717) is 31.8 Å². The van der Waals surface area contributed by atoms with Gasteiger partial charge in [0.1, 0.15) is 5.60 Å². The van der Waals surface area contributed by atoms with Crippen LogP contribution in [0.25, 0.3) is 0 Å². The van der Waals surface area contributed by atoms with E-state index in [-0.39, 0.29) is 12.1 Å². The molecule has 3 unspecified atom stereocenters. The summed E-state index contributed by atoms with van der Waals surface area (Å²) in [5, 5.41) is 3.64. The van der Waals surface area contributed by atoms with Crippen LogP contribution in [-0.2, 0) is 9.47 Å². The Balaban J connectivity index is 2.52. The molecule has 0 aromatic carbocycles. The Labute approximate surface area is 142 Å². The van der Waals surface area contributed by atoms with Gasteiger partial charge in [-0.1, -0.05) is 19.8 Å². The van der Waals surface area contributed by atoms with Crippen LogP contribution in [0.3, 0.4) is 0 Å². The van der Waals surface area contributed by atoms with Crippen molar-refractivity contribution in [2.24, 2.45) is 0 Å². The second kappa shape index (κ2) is 9.48. The van der Waals surface area contributed by atoms with E-state index in [2.05, 4.69) is 26.1 Å². The minimum Gasteiger partial charge on any atom is -0.444 e. The van der Waals surface area contributed by atoms with Gasteiger partial charge in [0, 0.05) is 18.6 Å². The lowest BCUT2D eigenvalue weighted by Crippen LogP contribution is -2.52. The van der Waals surface area contributed by atoms with Crippen molar-refractivity contribution < 1.29 is 14.3 Å². The summed E-state index contributed by atoms with van der Waals surface area (Å²) < 4.78 is 11.1. The Morgan fingerprint density at radius 1 is 1.35 bits per heavy atom. The van der Waals surface area contributed by atoms with Crippen molar-refractivity contribution in [3.8, 4) is 0 Å². The number of carbonyl (C=O) groups is 1. The Kier molecular flexibility index (Phi) is 8.34. The lowest BCUT2D eigenvalue weighted by molar-refractivity contribution is -0.0357. The lowest BCUT2D eigenvalue weighted by Gasteiger charge is -2.38. The molecule has 1 N–H and O–H groups in total. The van der Waals surface area contributed by atoms with Gasteiger partial charge in [-0.15, -0.1) is 0 Å². The van der Waals surface area contributed by atoms with Crippen LogP contribution in [0.4, 0.5) is 4.79 Å². The normalized spacial score (nSPS) is 21.8. The molecule has 1 amide bonds. The third kappa shape index (κ3) is 8.02. The second-order valence-corrected chi connectivity index (χ2v) is 7.75. The summed E-state index contributed by atoms with van der Waals surface area (Å²) in [5.74, 6) is 0. The monoisotopic (exact) mass is 328 g/mol. The molecule has 1 rings (SSSR count). The number of amides is 1. The molecule has 5 nitrogen and oxygen atoms in total. The van der Waals surface area contributed by atoms with Crippen LogP contribution in [0.2, 0.25) is 0 Å². The van der Waals surface area contributed by atoms with Gasteiger partial charge >= 0.3 is 6.09 Å². The number of nitrogens with zero attached hydrogens (tertiary/aromatic N) is 1. The molecule has 5 heteroatoms. The predicted octanol–water partition coefficient (Wildman–Crippen LogP) is 3.57. The van der Waals surface area contributed by atoms with E-state index in [4.69, 9.17) is 9.47 Å². The fourth-order valence-corrected chi connectivity index (χ4v) is 2.97. The zero-order valence-corrected chi connectivity index (χ0v) is 15.9. The first-order valence-electron chi connectivity index (χ1n) is 9.06. The van der Waals surface area contributed by atoms with Crippen LogP contribution in [0.1, 0.15) is 67.2 Å². The van der Waals surface area contributed by atoms with Crippen LogP contribution >= 0.6 is 0 Å². The predicted molar refractivity (Wildman–Crippen MR) is 93.7 cm³/mol. The molecule has 0 saturated carbocycles. The van der Waals surface area contributed by atoms with E-state index < -0.39 is 5.60 Å². The molecule has 1 aliphatic heterocycles.